The molecule has 1 atom stereocenters. The van der Waals surface area contributed by atoms with Crippen molar-refractivity contribution in [2.24, 2.45) is 5.92 Å². The summed E-state index contributed by atoms with van der Waals surface area (Å²) in [5, 5.41) is 8.90. The van der Waals surface area contributed by atoms with E-state index >= 15 is 0 Å². The molecule has 20 heavy (non-hydrogen) atoms. The first-order chi connectivity index (χ1) is 9.72. The van der Waals surface area contributed by atoms with E-state index < -0.39 is 0 Å². The second kappa shape index (κ2) is 6.03. The maximum atomic E-state index is 12.1. The molecule has 0 spiro atoms. The minimum atomic E-state index is 0.0695. The van der Waals surface area contributed by atoms with Crippen molar-refractivity contribution in [2.45, 2.75) is 19.8 Å². The topological polar surface area (TPSA) is 54.0 Å². The number of aryl methyl sites for hydroxylation is 1. The van der Waals surface area contributed by atoms with Crippen molar-refractivity contribution < 1.29 is 4.79 Å². The Labute approximate surface area is 126 Å². The smallest absolute Gasteiger partial charge is 0.230 e. The van der Waals surface area contributed by atoms with E-state index in [-0.39, 0.29) is 11.8 Å². The Morgan fingerprint density at radius 2 is 2.40 bits per heavy atom. The predicted molar refractivity (Wildman–Crippen MR) is 84.4 cm³/mol. The summed E-state index contributed by atoms with van der Waals surface area (Å²) in [6.07, 6.45) is 2.02. The Morgan fingerprint density at radius 1 is 1.50 bits per heavy atom. The Kier molecular flexibility index (Phi) is 4.14. The summed E-state index contributed by atoms with van der Waals surface area (Å²) in [4.78, 5) is 19.1. The van der Waals surface area contributed by atoms with E-state index in [4.69, 9.17) is 0 Å². The molecule has 1 unspecified atom stereocenters. The van der Waals surface area contributed by atoms with E-state index in [0.717, 1.165) is 36.5 Å². The maximum Gasteiger partial charge on any atom is 0.230 e. The minimum absolute atomic E-state index is 0.0695. The van der Waals surface area contributed by atoms with Gasteiger partial charge in [0.25, 0.3) is 0 Å². The first-order valence-corrected chi connectivity index (χ1v) is 8.46. The van der Waals surface area contributed by atoms with Crippen molar-refractivity contribution in [3.63, 3.8) is 0 Å². The summed E-state index contributed by atoms with van der Waals surface area (Å²) >= 11 is 3.21. The van der Waals surface area contributed by atoms with Gasteiger partial charge in [-0.05, 0) is 38.4 Å². The van der Waals surface area contributed by atoms with Crippen molar-refractivity contribution in [3.8, 4) is 10.6 Å². The molecule has 2 N–H and O–H groups in total. The van der Waals surface area contributed by atoms with Gasteiger partial charge in [0, 0.05) is 16.8 Å². The van der Waals surface area contributed by atoms with Crippen LogP contribution in [0.15, 0.2) is 17.5 Å². The van der Waals surface area contributed by atoms with Crippen molar-refractivity contribution in [1.29, 1.82) is 0 Å². The first-order valence-electron chi connectivity index (χ1n) is 6.76. The first kappa shape index (κ1) is 13.7. The molecule has 0 saturated carbocycles. The zero-order chi connectivity index (χ0) is 13.9. The number of rotatable bonds is 3. The van der Waals surface area contributed by atoms with Gasteiger partial charge in [0.1, 0.15) is 0 Å². The summed E-state index contributed by atoms with van der Waals surface area (Å²) in [6, 6.07) is 4.16. The van der Waals surface area contributed by atoms with E-state index in [9.17, 15) is 4.79 Å². The van der Waals surface area contributed by atoms with Crippen LogP contribution >= 0.6 is 22.7 Å². The molecule has 0 radical (unpaired) electrons. The van der Waals surface area contributed by atoms with Crippen LogP contribution in [-0.2, 0) is 4.79 Å². The summed E-state index contributed by atoms with van der Waals surface area (Å²) < 4.78 is 0. The van der Waals surface area contributed by atoms with E-state index in [1.807, 2.05) is 5.38 Å². The van der Waals surface area contributed by atoms with Crippen LogP contribution in [0.25, 0.3) is 10.6 Å². The second-order valence-corrected chi connectivity index (χ2v) is 7.13. The van der Waals surface area contributed by atoms with Gasteiger partial charge in [0.05, 0.1) is 16.5 Å². The molecule has 0 aliphatic carbocycles. The van der Waals surface area contributed by atoms with Crippen LogP contribution in [0.3, 0.4) is 0 Å². The molecule has 3 heterocycles. The van der Waals surface area contributed by atoms with Gasteiger partial charge in [0.2, 0.25) is 5.91 Å². The average Bonchev–Trinajstić information content (AvgIpc) is 3.09. The minimum Gasteiger partial charge on any atom is -0.316 e. The monoisotopic (exact) mass is 307 g/mol. The average molecular weight is 307 g/mol. The SMILES string of the molecule is Cc1ccc(-c2csc(NC(=O)C3CCCNC3)n2)s1. The highest BCUT2D eigenvalue weighted by atomic mass is 32.1. The van der Waals surface area contributed by atoms with Crippen molar-refractivity contribution in [2.75, 3.05) is 18.4 Å². The van der Waals surface area contributed by atoms with Crippen LogP contribution in [0.2, 0.25) is 0 Å². The van der Waals surface area contributed by atoms with Crippen LogP contribution in [0, 0.1) is 12.8 Å². The van der Waals surface area contributed by atoms with E-state index in [2.05, 4.69) is 34.7 Å². The highest BCUT2D eigenvalue weighted by Crippen LogP contribution is 2.30. The molecule has 106 valence electrons. The normalized spacial score (nSPS) is 18.9. The van der Waals surface area contributed by atoms with Gasteiger partial charge in [-0.1, -0.05) is 0 Å². The largest absolute Gasteiger partial charge is 0.316 e. The van der Waals surface area contributed by atoms with E-state index in [0.29, 0.717) is 5.13 Å². The fourth-order valence-corrected chi connectivity index (χ4v) is 3.92. The lowest BCUT2D eigenvalue weighted by Crippen LogP contribution is -2.37. The molecule has 3 rings (SSSR count). The Hall–Kier alpha value is -1.24. The lowest BCUT2D eigenvalue weighted by atomic mass is 9.99. The number of piperidine rings is 1. The zero-order valence-corrected chi connectivity index (χ0v) is 12.9. The summed E-state index contributed by atoms with van der Waals surface area (Å²) in [6.45, 7) is 3.87. The van der Waals surface area contributed by atoms with E-state index in [1.54, 1.807) is 11.3 Å². The van der Waals surface area contributed by atoms with Crippen LogP contribution in [0.4, 0.5) is 5.13 Å². The fraction of sp³-hybridized carbons (Fsp3) is 0.429. The summed E-state index contributed by atoms with van der Waals surface area (Å²) in [7, 11) is 0. The molecule has 2 aromatic heterocycles. The zero-order valence-electron chi connectivity index (χ0n) is 11.3. The molecule has 6 heteroatoms. The second-order valence-electron chi connectivity index (χ2n) is 4.98. The number of carbonyl (C=O) groups excluding carboxylic acids is 1. The molecule has 2 aromatic rings. The molecule has 4 nitrogen and oxygen atoms in total. The summed E-state index contributed by atoms with van der Waals surface area (Å²) in [5.41, 5.74) is 0.949. The molecular weight excluding hydrogens is 290 g/mol. The number of nitrogens with zero attached hydrogens (tertiary/aromatic N) is 1. The number of aromatic nitrogens is 1. The van der Waals surface area contributed by atoms with Crippen LogP contribution in [0.5, 0.6) is 0 Å². The van der Waals surface area contributed by atoms with Crippen LogP contribution < -0.4 is 10.6 Å². The van der Waals surface area contributed by atoms with Crippen molar-refractivity contribution in [1.82, 2.24) is 10.3 Å². The number of carbonyl (C=O) groups is 1. The summed E-state index contributed by atoms with van der Waals surface area (Å²) in [5.74, 6) is 0.153. The Morgan fingerprint density at radius 3 is 3.10 bits per heavy atom. The molecule has 1 amide bonds. The molecular formula is C14H17N3OS2. The number of amides is 1. The lowest BCUT2D eigenvalue weighted by molar-refractivity contribution is -0.120. The van der Waals surface area contributed by atoms with Crippen molar-refractivity contribution in [3.05, 3.63) is 22.4 Å². The van der Waals surface area contributed by atoms with Gasteiger partial charge in [0.15, 0.2) is 5.13 Å². The standard InChI is InChI=1S/C14H17N3OS2/c1-9-4-5-12(20-9)11-8-19-14(16-11)17-13(18)10-3-2-6-15-7-10/h4-5,8,10,15H,2-3,6-7H2,1H3,(H,16,17,18). The molecule has 1 aliphatic heterocycles. The predicted octanol–water partition coefficient (Wildman–Crippen LogP) is 3.12. The highest BCUT2D eigenvalue weighted by molar-refractivity contribution is 7.17. The van der Waals surface area contributed by atoms with Gasteiger partial charge >= 0.3 is 0 Å². The number of thiazole rings is 1. The fourth-order valence-electron chi connectivity index (χ4n) is 2.30. The van der Waals surface area contributed by atoms with Gasteiger partial charge in [-0.2, -0.15) is 0 Å². The quantitative estimate of drug-likeness (QED) is 0.916. The molecule has 1 saturated heterocycles. The molecule has 0 bridgehead atoms. The molecule has 1 aliphatic rings. The Bertz CT molecular complexity index is 599. The number of nitrogens with one attached hydrogen (secondary N) is 2. The van der Waals surface area contributed by atoms with Gasteiger partial charge < -0.3 is 10.6 Å². The number of hydrogen-bond donors (Lipinski definition) is 2. The highest BCUT2D eigenvalue weighted by Gasteiger charge is 2.21. The van der Waals surface area contributed by atoms with Crippen LogP contribution in [0.1, 0.15) is 17.7 Å². The van der Waals surface area contributed by atoms with Crippen molar-refractivity contribution >= 4 is 33.7 Å². The van der Waals surface area contributed by atoms with Gasteiger partial charge in [-0.3, -0.25) is 4.79 Å². The van der Waals surface area contributed by atoms with E-state index in [1.165, 1.54) is 16.2 Å². The third-order valence-electron chi connectivity index (χ3n) is 3.39. The van der Waals surface area contributed by atoms with Gasteiger partial charge in [-0.25, -0.2) is 4.98 Å². The maximum absolute atomic E-state index is 12.1. The Balaban J connectivity index is 1.66. The molecule has 1 fully saturated rings. The molecule has 0 aromatic carbocycles. The lowest BCUT2D eigenvalue weighted by Gasteiger charge is -2.21. The number of hydrogen-bond acceptors (Lipinski definition) is 5. The van der Waals surface area contributed by atoms with Gasteiger partial charge in [-0.15, -0.1) is 22.7 Å². The third-order valence-corrected chi connectivity index (χ3v) is 5.18. The number of thiophene rings is 1. The number of anilines is 1. The third kappa shape index (κ3) is 3.08. The van der Waals surface area contributed by atoms with Crippen LogP contribution in [-0.4, -0.2) is 24.0 Å².